The highest BCUT2D eigenvalue weighted by Crippen LogP contribution is 2.53. The molecular formula is C27H41NO. The minimum absolute atomic E-state index is 0.0118. The Morgan fingerprint density at radius 1 is 1.00 bits per heavy atom. The zero-order chi connectivity index (χ0) is 20.4. The highest BCUT2D eigenvalue weighted by Gasteiger charge is 2.43. The van der Waals surface area contributed by atoms with E-state index in [1.54, 1.807) is 22.3 Å². The van der Waals surface area contributed by atoms with E-state index >= 15 is 0 Å². The van der Waals surface area contributed by atoms with Crippen molar-refractivity contribution in [3.8, 4) is 0 Å². The van der Waals surface area contributed by atoms with Gasteiger partial charge in [0.2, 0.25) is 0 Å². The fourth-order valence-corrected chi connectivity index (χ4v) is 6.67. The number of allylic oxidation sites excluding steroid dienone is 1. The van der Waals surface area contributed by atoms with Crippen LogP contribution in [-0.2, 0) is 10.2 Å². The maximum Gasteiger partial charge on any atom is 0.0595 e. The van der Waals surface area contributed by atoms with Gasteiger partial charge in [0.1, 0.15) is 0 Å². The minimum Gasteiger partial charge on any atom is -0.383 e. The molecule has 0 saturated heterocycles. The maximum absolute atomic E-state index is 5.90. The number of ether oxygens (including phenoxy) is 1. The predicted octanol–water partition coefficient (Wildman–Crippen LogP) is 6.59. The predicted molar refractivity (Wildman–Crippen MR) is 123 cm³/mol. The first-order valence-corrected chi connectivity index (χ1v) is 12.2. The van der Waals surface area contributed by atoms with E-state index in [0.717, 1.165) is 24.9 Å². The van der Waals surface area contributed by atoms with Gasteiger partial charge in [0.15, 0.2) is 0 Å². The Morgan fingerprint density at radius 3 is 2.28 bits per heavy atom. The standard InChI is InChI=1S/C27H41NO/c1-19(2)28-20(3)16-27(18-29-4)17-24(22-12-7-8-13-22)26-23(14-9-15-25(26)27)21-10-5-6-11-21/h9,14-15,17,19-22,28H,5-8,10-13,16,18H2,1-4H3. The lowest BCUT2D eigenvalue weighted by molar-refractivity contribution is 0.141. The molecule has 0 aliphatic heterocycles. The van der Waals surface area contributed by atoms with E-state index in [-0.39, 0.29) is 5.41 Å². The van der Waals surface area contributed by atoms with Gasteiger partial charge in [0.05, 0.1) is 6.61 Å². The number of methoxy groups -OCH3 is 1. The largest absolute Gasteiger partial charge is 0.383 e. The van der Waals surface area contributed by atoms with Crippen LogP contribution in [0.5, 0.6) is 0 Å². The van der Waals surface area contributed by atoms with Crippen molar-refractivity contribution in [1.82, 2.24) is 5.32 Å². The normalized spacial score (nSPS) is 26.3. The van der Waals surface area contributed by atoms with Crippen molar-refractivity contribution in [2.24, 2.45) is 5.92 Å². The number of rotatable bonds is 8. The van der Waals surface area contributed by atoms with Gasteiger partial charge in [0, 0.05) is 24.6 Å². The van der Waals surface area contributed by atoms with Crippen LogP contribution in [0, 0.1) is 5.92 Å². The van der Waals surface area contributed by atoms with E-state index in [1.807, 2.05) is 7.11 Å². The van der Waals surface area contributed by atoms with Crippen molar-refractivity contribution in [3.05, 3.63) is 41.0 Å². The van der Waals surface area contributed by atoms with Gasteiger partial charge >= 0.3 is 0 Å². The molecule has 1 aromatic carbocycles. The van der Waals surface area contributed by atoms with E-state index in [9.17, 15) is 0 Å². The summed E-state index contributed by atoms with van der Waals surface area (Å²) in [5.41, 5.74) is 6.54. The Hall–Kier alpha value is -1.12. The molecule has 4 rings (SSSR count). The van der Waals surface area contributed by atoms with Crippen molar-refractivity contribution in [2.75, 3.05) is 13.7 Å². The van der Waals surface area contributed by atoms with Crippen molar-refractivity contribution in [1.29, 1.82) is 0 Å². The third kappa shape index (κ3) is 4.21. The fraction of sp³-hybridized carbons (Fsp3) is 0.704. The summed E-state index contributed by atoms with van der Waals surface area (Å²) in [7, 11) is 1.88. The first-order valence-electron chi connectivity index (χ1n) is 12.2. The molecule has 2 saturated carbocycles. The molecule has 2 heteroatoms. The lowest BCUT2D eigenvalue weighted by Crippen LogP contribution is -2.40. The Bertz CT molecular complexity index is 724. The molecule has 2 unspecified atom stereocenters. The summed E-state index contributed by atoms with van der Waals surface area (Å²) >= 11 is 0. The smallest absolute Gasteiger partial charge is 0.0595 e. The minimum atomic E-state index is 0.0118. The molecule has 3 aliphatic carbocycles. The van der Waals surface area contributed by atoms with Gasteiger partial charge < -0.3 is 10.1 Å². The number of fused-ring (bicyclic) bond motifs is 1. The number of nitrogens with one attached hydrogen (secondary N) is 1. The zero-order valence-corrected chi connectivity index (χ0v) is 19.1. The molecule has 0 heterocycles. The van der Waals surface area contributed by atoms with Gasteiger partial charge in [0.25, 0.3) is 0 Å². The average molecular weight is 396 g/mol. The van der Waals surface area contributed by atoms with E-state index < -0.39 is 0 Å². The van der Waals surface area contributed by atoms with Crippen molar-refractivity contribution in [3.63, 3.8) is 0 Å². The molecule has 2 atom stereocenters. The van der Waals surface area contributed by atoms with Gasteiger partial charge in [-0.15, -0.1) is 0 Å². The van der Waals surface area contributed by atoms with E-state index in [4.69, 9.17) is 4.74 Å². The molecule has 2 fully saturated rings. The van der Waals surface area contributed by atoms with E-state index in [1.165, 1.54) is 51.4 Å². The van der Waals surface area contributed by atoms with Crippen LogP contribution in [0.3, 0.4) is 0 Å². The van der Waals surface area contributed by atoms with Crippen LogP contribution in [0.15, 0.2) is 24.3 Å². The lowest BCUT2D eigenvalue weighted by Gasteiger charge is -2.33. The highest BCUT2D eigenvalue weighted by atomic mass is 16.5. The van der Waals surface area contributed by atoms with Crippen LogP contribution < -0.4 is 5.32 Å². The van der Waals surface area contributed by atoms with Crippen LogP contribution in [-0.4, -0.2) is 25.8 Å². The second-order valence-corrected chi connectivity index (χ2v) is 10.3. The van der Waals surface area contributed by atoms with E-state index in [0.29, 0.717) is 12.1 Å². The molecule has 0 amide bonds. The summed E-state index contributed by atoms with van der Waals surface area (Å²) in [5, 5.41) is 3.75. The fourth-order valence-electron chi connectivity index (χ4n) is 6.67. The van der Waals surface area contributed by atoms with Gasteiger partial charge in [-0.3, -0.25) is 0 Å². The monoisotopic (exact) mass is 395 g/mol. The molecule has 0 spiro atoms. The van der Waals surface area contributed by atoms with Crippen molar-refractivity contribution < 1.29 is 4.74 Å². The molecule has 0 aromatic heterocycles. The van der Waals surface area contributed by atoms with Gasteiger partial charge in [-0.2, -0.15) is 0 Å². The Morgan fingerprint density at radius 2 is 1.66 bits per heavy atom. The Balaban J connectivity index is 1.79. The molecule has 2 nitrogen and oxygen atoms in total. The molecule has 29 heavy (non-hydrogen) atoms. The summed E-state index contributed by atoms with van der Waals surface area (Å²) in [4.78, 5) is 0. The molecular weight excluding hydrogens is 354 g/mol. The van der Waals surface area contributed by atoms with Crippen LogP contribution in [0.2, 0.25) is 0 Å². The van der Waals surface area contributed by atoms with Gasteiger partial charge in [-0.1, -0.05) is 63.8 Å². The van der Waals surface area contributed by atoms with Crippen LogP contribution in [0.4, 0.5) is 0 Å². The quantitative estimate of drug-likeness (QED) is 0.536. The van der Waals surface area contributed by atoms with Crippen molar-refractivity contribution >= 4 is 5.57 Å². The maximum atomic E-state index is 5.90. The number of benzene rings is 1. The molecule has 1 N–H and O–H groups in total. The van der Waals surface area contributed by atoms with Crippen LogP contribution in [0.1, 0.15) is 101 Å². The summed E-state index contributed by atoms with van der Waals surface area (Å²) < 4.78 is 5.90. The third-order valence-electron chi connectivity index (χ3n) is 7.63. The molecule has 3 aliphatic rings. The Kier molecular flexibility index (Phi) is 6.51. The SMILES string of the molecule is COCC1(CC(C)NC(C)C)C=C(C2CCCC2)c2c(C3CCCC3)cccc21. The summed E-state index contributed by atoms with van der Waals surface area (Å²) in [5.74, 6) is 1.52. The number of hydrogen-bond donors (Lipinski definition) is 1. The van der Waals surface area contributed by atoms with Crippen LogP contribution in [0.25, 0.3) is 5.57 Å². The Labute approximate surface area is 178 Å². The van der Waals surface area contributed by atoms with Crippen molar-refractivity contribution in [2.45, 2.75) is 102 Å². The molecule has 0 bridgehead atoms. The first-order chi connectivity index (χ1) is 14.0. The second-order valence-electron chi connectivity index (χ2n) is 10.3. The van der Waals surface area contributed by atoms with Gasteiger partial charge in [-0.05, 0) is 73.1 Å². The molecule has 0 radical (unpaired) electrons. The third-order valence-corrected chi connectivity index (χ3v) is 7.63. The summed E-state index contributed by atoms with van der Waals surface area (Å²) in [6, 6.07) is 8.19. The van der Waals surface area contributed by atoms with Crippen LogP contribution >= 0.6 is 0 Å². The van der Waals surface area contributed by atoms with Gasteiger partial charge in [-0.25, -0.2) is 0 Å². The summed E-state index contributed by atoms with van der Waals surface area (Å²) in [6.45, 7) is 7.63. The highest BCUT2D eigenvalue weighted by molar-refractivity contribution is 5.81. The molecule has 1 aromatic rings. The summed E-state index contributed by atoms with van der Waals surface area (Å²) in [6.07, 6.45) is 14.8. The second kappa shape index (κ2) is 8.94. The zero-order valence-electron chi connectivity index (χ0n) is 19.1. The van der Waals surface area contributed by atoms with E-state index in [2.05, 4.69) is 50.4 Å². The average Bonchev–Trinajstić information content (AvgIpc) is 3.42. The first kappa shape index (κ1) is 21.1. The lowest BCUT2D eigenvalue weighted by atomic mass is 9.76. The number of hydrogen-bond acceptors (Lipinski definition) is 2. The molecule has 160 valence electrons. The topological polar surface area (TPSA) is 21.3 Å².